The maximum Gasteiger partial charge on any atom is 0.0630 e. The fourth-order valence-electron chi connectivity index (χ4n) is 1.10. The van der Waals surface area contributed by atoms with Crippen LogP contribution in [0.1, 0.15) is 6.92 Å². The summed E-state index contributed by atoms with van der Waals surface area (Å²) in [7, 11) is 0. The molecule has 19 heavy (non-hydrogen) atoms. The van der Waals surface area contributed by atoms with E-state index in [1.165, 1.54) is 0 Å². The van der Waals surface area contributed by atoms with Gasteiger partial charge in [0.25, 0.3) is 0 Å². The molecule has 0 saturated carbocycles. The molecule has 0 bridgehead atoms. The fourth-order valence-corrected chi connectivity index (χ4v) is 1.10. The molecule has 0 unspecified atom stereocenters. The molecule has 0 aliphatic heterocycles. The molecule has 0 aliphatic rings. The molecule has 0 rings (SSSR count). The van der Waals surface area contributed by atoms with Crippen molar-refractivity contribution in [3.8, 4) is 0 Å². The molecule has 0 spiro atoms. The quantitative estimate of drug-likeness (QED) is 0.446. The lowest BCUT2D eigenvalue weighted by atomic mass is 10.3. The van der Waals surface area contributed by atoms with Gasteiger partial charge in [-0.15, -0.1) is 0 Å². The molecule has 0 aliphatic carbocycles. The minimum absolute atomic E-state index is 0.779. The largest absolute Gasteiger partial charge is 0.255 e. The normalized spacial score (nSPS) is 13.9. The van der Waals surface area contributed by atoms with Crippen molar-refractivity contribution in [2.75, 3.05) is 0 Å². The lowest BCUT2D eigenvalue weighted by molar-refractivity contribution is 1.41. The lowest BCUT2D eigenvalue weighted by Gasteiger charge is -1.91. The zero-order chi connectivity index (χ0) is 14.3. The van der Waals surface area contributed by atoms with Gasteiger partial charge in [-0.25, -0.2) is 0 Å². The Labute approximate surface area is 116 Å². The number of hydrogen-bond acceptors (Lipinski definition) is 2. The molecule has 98 valence electrons. The Morgan fingerprint density at radius 1 is 0.789 bits per heavy atom. The van der Waals surface area contributed by atoms with Crippen LogP contribution in [0.25, 0.3) is 0 Å². The highest BCUT2D eigenvalue weighted by molar-refractivity contribution is 6.16. The maximum absolute atomic E-state index is 4.25. The van der Waals surface area contributed by atoms with Crippen molar-refractivity contribution >= 4 is 12.4 Å². The SMILES string of the molecule is C=C\C=C/C(=C\C=C)/N=C/C=N\C(\C=C/C)=C\C=C. The van der Waals surface area contributed by atoms with Crippen LogP contribution in [-0.2, 0) is 0 Å². The molecule has 0 fully saturated rings. The van der Waals surface area contributed by atoms with Crippen LogP contribution in [0, 0.1) is 0 Å². The molecule has 0 atom stereocenters. The molecular formula is C17H20N2. The first-order valence-corrected chi connectivity index (χ1v) is 5.92. The summed E-state index contributed by atoms with van der Waals surface area (Å²) >= 11 is 0. The molecule has 2 nitrogen and oxygen atoms in total. The van der Waals surface area contributed by atoms with Crippen LogP contribution in [0.2, 0.25) is 0 Å². The number of rotatable bonds is 8. The summed E-state index contributed by atoms with van der Waals surface area (Å²) in [6.07, 6.45) is 19.4. The van der Waals surface area contributed by atoms with Crippen molar-refractivity contribution in [2.45, 2.75) is 6.92 Å². The second-order valence-corrected chi connectivity index (χ2v) is 3.31. The van der Waals surface area contributed by atoms with E-state index in [-0.39, 0.29) is 0 Å². The van der Waals surface area contributed by atoms with E-state index in [0.29, 0.717) is 0 Å². The van der Waals surface area contributed by atoms with Gasteiger partial charge in [-0.3, -0.25) is 9.98 Å². The van der Waals surface area contributed by atoms with Crippen LogP contribution in [0.3, 0.4) is 0 Å². The average molecular weight is 252 g/mol. The lowest BCUT2D eigenvalue weighted by Crippen LogP contribution is -1.80. The third-order valence-electron chi connectivity index (χ3n) is 1.83. The molecule has 0 N–H and O–H groups in total. The average Bonchev–Trinajstić information content (AvgIpc) is 2.41. The van der Waals surface area contributed by atoms with E-state index in [1.807, 2.05) is 37.3 Å². The van der Waals surface area contributed by atoms with Gasteiger partial charge in [-0.05, 0) is 31.2 Å². The monoisotopic (exact) mass is 252 g/mol. The van der Waals surface area contributed by atoms with Gasteiger partial charge in [0.1, 0.15) is 0 Å². The van der Waals surface area contributed by atoms with Gasteiger partial charge in [0, 0.05) is 12.4 Å². The summed E-state index contributed by atoms with van der Waals surface area (Å²) in [5.74, 6) is 0. The molecule has 0 aromatic heterocycles. The minimum atomic E-state index is 0.779. The predicted molar refractivity (Wildman–Crippen MR) is 87.7 cm³/mol. The third-order valence-corrected chi connectivity index (χ3v) is 1.83. The standard InChI is InChI=1S/C17H20N2/c1-5-9-13-17(12-8-4)19-15-14-18-16(10-6-2)11-7-3/h5-15H,1-2,4H2,3H3/b11-7-,13-9-,16-10+,17-12+,18-14-,19-15+. The van der Waals surface area contributed by atoms with E-state index < -0.39 is 0 Å². The van der Waals surface area contributed by atoms with Gasteiger partial charge in [-0.1, -0.05) is 50.1 Å². The molecule has 0 radical (unpaired) electrons. The zero-order valence-corrected chi connectivity index (χ0v) is 11.4. The highest BCUT2D eigenvalue weighted by atomic mass is 14.8. The molecule has 0 aromatic carbocycles. The van der Waals surface area contributed by atoms with Crippen molar-refractivity contribution < 1.29 is 0 Å². The van der Waals surface area contributed by atoms with Gasteiger partial charge in [0.15, 0.2) is 0 Å². The minimum Gasteiger partial charge on any atom is -0.255 e. The van der Waals surface area contributed by atoms with Gasteiger partial charge in [-0.2, -0.15) is 0 Å². The number of aliphatic imine (C=N–C) groups is 2. The van der Waals surface area contributed by atoms with Crippen LogP contribution < -0.4 is 0 Å². The Balaban J connectivity index is 4.78. The van der Waals surface area contributed by atoms with Crippen molar-refractivity contribution in [2.24, 2.45) is 9.98 Å². The second-order valence-electron chi connectivity index (χ2n) is 3.31. The summed E-state index contributed by atoms with van der Waals surface area (Å²) in [6, 6.07) is 0. The summed E-state index contributed by atoms with van der Waals surface area (Å²) in [5, 5.41) is 0. The molecule has 0 saturated heterocycles. The maximum atomic E-state index is 4.25. The Morgan fingerprint density at radius 3 is 1.74 bits per heavy atom. The summed E-state index contributed by atoms with van der Waals surface area (Å²) in [5.41, 5.74) is 1.60. The van der Waals surface area contributed by atoms with E-state index in [4.69, 9.17) is 0 Å². The van der Waals surface area contributed by atoms with Gasteiger partial charge >= 0.3 is 0 Å². The highest BCUT2D eigenvalue weighted by Gasteiger charge is 1.84. The van der Waals surface area contributed by atoms with Crippen LogP contribution in [0.4, 0.5) is 0 Å². The fraction of sp³-hybridized carbons (Fsp3) is 0.0588. The van der Waals surface area contributed by atoms with E-state index >= 15 is 0 Å². The van der Waals surface area contributed by atoms with Crippen LogP contribution in [0.15, 0.2) is 95.8 Å². The third kappa shape index (κ3) is 9.24. The van der Waals surface area contributed by atoms with Crippen LogP contribution >= 0.6 is 0 Å². The zero-order valence-electron chi connectivity index (χ0n) is 11.4. The second kappa shape index (κ2) is 12.0. The van der Waals surface area contributed by atoms with Crippen molar-refractivity contribution in [3.63, 3.8) is 0 Å². The van der Waals surface area contributed by atoms with Gasteiger partial charge in [0.2, 0.25) is 0 Å². The molecular weight excluding hydrogens is 232 g/mol. The Bertz CT molecular complexity index is 469. The molecule has 0 amide bonds. The number of hydrogen-bond donors (Lipinski definition) is 0. The van der Waals surface area contributed by atoms with E-state index in [9.17, 15) is 0 Å². The van der Waals surface area contributed by atoms with Crippen molar-refractivity contribution in [1.29, 1.82) is 0 Å². The number of nitrogens with zero attached hydrogens (tertiary/aromatic N) is 2. The molecule has 2 heteroatoms. The summed E-state index contributed by atoms with van der Waals surface area (Å²) < 4.78 is 0. The van der Waals surface area contributed by atoms with E-state index in [1.54, 1.807) is 36.7 Å². The first-order chi connectivity index (χ1) is 9.28. The Hall–Kier alpha value is -2.48. The van der Waals surface area contributed by atoms with Crippen molar-refractivity contribution in [3.05, 3.63) is 85.8 Å². The van der Waals surface area contributed by atoms with Crippen molar-refractivity contribution in [1.82, 2.24) is 0 Å². The summed E-state index contributed by atoms with van der Waals surface area (Å²) in [6.45, 7) is 12.8. The Morgan fingerprint density at radius 2 is 1.32 bits per heavy atom. The van der Waals surface area contributed by atoms with Crippen LogP contribution in [0.5, 0.6) is 0 Å². The number of allylic oxidation sites excluding steroid dienone is 9. The van der Waals surface area contributed by atoms with Gasteiger partial charge < -0.3 is 0 Å². The highest BCUT2D eigenvalue weighted by Crippen LogP contribution is 2.00. The first-order valence-electron chi connectivity index (χ1n) is 5.92. The smallest absolute Gasteiger partial charge is 0.0630 e. The molecule has 0 heterocycles. The first kappa shape index (κ1) is 16.5. The van der Waals surface area contributed by atoms with E-state index in [2.05, 4.69) is 29.7 Å². The topological polar surface area (TPSA) is 24.7 Å². The summed E-state index contributed by atoms with van der Waals surface area (Å²) in [4.78, 5) is 8.49. The van der Waals surface area contributed by atoms with Gasteiger partial charge in [0.05, 0.1) is 11.4 Å². The van der Waals surface area contributed by atoms with E-state index in [0.717, 1.165) is 11.4 Å². The predicted octanol–water partition coefficient (Wildman–Crippen LogP) is 4.59. The van der Waals surface area contributed by atoms with Crippen LogP contribution in [-0.4, -0.2) is 12.4 Å². The molecule has 0 aromatic rings. The Kier molecular flexibility index (Phi) is 10.4.